The van der Waals surface area contributed by atoms with Crippen molar-refractivity contribution >= 4 is 11.9 Å². The Kier molecular flexibility index (Phi) is 10.5. The number of carbonyl (C=O) groups is 2. The van der Waals surface area contributed by atoms with Crippen LogP contribution in [0, 0.1) is 11.8 Å². The van der Waals surface area contributed by atoms with E-state index in [4.69, 9.17) is 18.9 Å². The predicted octanol–water partition coefficient (Wildman–Crippen LogP) is 5.32. The van der Waals surface area contributed by atoms with Crippen LogP contribution in [-0.2, 0) is 14.3 Å². The fourth-order valence-corrected chi connectivity index (χ4v) is 3.95. The second kappa shape index (κ2) is 13.1. The molecule has 0 saturated heterocycles. The van der Waals surface area contributed by atoms with Crippen molar-refractivity contribution in [1.82, 2.24) is 0 Å². The summed E-state index contributed by atoms with van der Waals surface area (Å²) in [5, 5.41) is 0. The van der Waals surface area contributed by atoms with Crippen LogP contribution in [0.15, 0.2) is 18.2 Å². The Morgan fingerprint density at radius 3 is 2.03 bits per heavy atom. The minimum atomic E-state index is -0.509. The molecule has 2 atom stereocenters. The number of para-hydroxylation sites is 1. The molecule has 1 aromatic carbocycles. The number of ether oxygens (including phenoxy) is 4. The summed E-state index contributed by atoms with van der Waals surface area (Å²) >= 11 is 0. The number of hydrogen-bond donors (Lipinski definition) is 0. The van der Waals surface area contributed by atoms with Gasteiger partial charge in [0.2, 0.25) is 5.75 Å². The van der Waals surface area contributed by atoms with Crippen molar-refractivity contribution in [1.29, 1.82) is 0 Å². The van der Waals surface area contributed by atoms with E-state index in [1.807, 2.05) is 0 Å². The minimum absolute atomic E-state index is 0.247. The molecule has 0 amide bonds. The predicted molar refractivity (Wildman–Crippen MR) is 115 cm³/mol. The van der Waals surface area contributed by atoms with Crippen LogP contribution in [-0.4, -0.2) is 32.8 Å². The second-order valence-electron chi connectivity index (χ2n) is 7.85. The van der Waals surface area contributed by atoms with Crippen molar-refractivity contribution in [2.24, 2.45) is 11.8 Å². The van der Waals surface area contributed by atoms with E-state index >= 15 is 0 Å². The normalized spacial score (nSPS) is 18.5. The number of benzene rings is 1. The van der Waals surface area contributed by atoms with E-state index in [0.717, 1.165) is 25.7 Å². The number of carbonyl (C=O) groups excluding carboxylic acids is 2. The van der Waals surface area contributed by atoms with Crippen LogP contribution in [0.3, 0.4) is 0 Å². The third-order valence-electron chi connectivity index (χ3n) is 5.70. The Labute approximate surface area is 180 Å². The number of esters is 2. The molecule has 0 N–H and O–H groups in total. The van der Waals surface area contributed by atoms with Gasteiger partial charge in [0, 0.05) is 0 Å². The minimum Gasteiger partial charge on any atom is -0.493 e. The summed E-state index contributed by atoms with van der Waals surface area (Å²) in [4.78, 5) is 25.6. The van der Waals surface area contributed by atoms with Gasteiger partial charge in [-0.15, -0.1) is 0 Å². The van der Waals surface area contributed by atoms with E-state index in [9.17, 15) is 9.59 Å². The Bertz CT molecular complexity index is 649. The quantitative estimate of drug-likeness (QED) is 0.259. The molecule has 0 bridgehead atoms. The van der Waals surface area contributed by atoms with Crippen LogP contribution < -0.4 is 14.2 Å². The van der Waals surface area contributed by atoms with E-state index in [2.05, 4.69) is 6.92 Å². The first-order valence-corrected chi connectivity index (χ1v) is 11.2. The maximum Gasteiger partial charge on any atom is 0.315 e. The van der Waals surface area contributed by atoms with Crippen molar-refractivity contribution in [3.05, 3.63) is 18.2 Å². The zero-order valence-corrected chi connectivity index (χ0v) is 18.6. The van der Waals surface area contributed by atoms with Gasteiger partial charge in [-0.3, -0.25) is 9.59 Å². The molecule has 1 aromatic rings. The van der Waals surface area contributed by atoms with E-state index in [1.165, 1.54) is 39.9 Å². The first-order chi connectivity index (χ1) is 14.6. The van der Waals surface area contributed by atoms with Gasteiger partial charge in [0.1, 0.15) is 0 Å². The molecule has 1 saturated carbocycles. The molecule has 2 unspecified atom stereocenters. The Balaban J connectivity index is 1.93. The largest absolute Gasteiger partial charge is 0.493 e. The molecule has 0 aliphatic heterocycles. The number of methoxy groups -OCH3 is 2. The molecule has 6 heteroatoms. The highest BCUT2D eigenvalue weighted by atomic mass is 16.6. The average Bonchev–Trinajstić information content (AvgIpc) is 2.78. The van der Waals surface area contributed by atoms with Gasteiger partial charge in [-0.05, 0) is 31.4 Å². The third kappa shape index (κ3) is 6.92. The maximum absolute atomic E-state index is 13.0. The fraction of sp³-hybridized carbons (Fsp3) is 0.667. The Morgan fingerprint density at radius 2 is 1.43 bits per heavy atom. The van der Waals surface area contributed by atoms with Crippen molar-refractivity contribution in [2.75, 3.05) is 20.8 Å². The molecule has 1 fully saturated rings. The lowest BCUT2D eigenvalue weighted by atomic mass is 9.79. The van der Waals surface area contributed by atoms with Gasteiger partial charge in [-0.1, -0.05) is 57.9 Å². The molecule has 0 radical (unpaired) electrons. The van der Waals surface area contributed by atoms with E-state index in [0.29, 0.717) is 30.9 Å². The van der Waals surface area contributed by atoms with E-state index < -0.39 is 17.8 Å². The number of unbranched alkanes of at least 4 members (excludes halogenated alkanes) is 5. The molecule has 168 valence electrons. The summed E-state index contributed by atoms with van der Waals surface area (Å²) in [7, 11) is 3.02. The summed E-state index contributed by atoms with van der Waals surface area (Å²) in [6.07, 6.45) is 9.88. The van der Waals surface area contributed by atoms with Crippen molar-refractivity contribution in [3.63, 3.8) is 0 Å². The number of rotatable bonds is 12. The summed E-state index contributed by atoms with van der Waals surface area (Å²) in [6.45, 7) is 2.61. The van der Waals surface area contributed by atoms with E-state index in [1.54, 1.807) is 18.2 Å². The lowest BCUT2D eigenvalue weighted by Gasteiger charge is -2.28. The molecule has 2 rings (SSSR count). The SMILES string of the molecule is CCCCCCCCOC(=O)C1CCCCC1C(=O)Oc1c(OC)cccc1OC. The van der Waals surface area contributed by atoms with E-state index in [-0.39, 0.29) is 11.7 Å². The van der Waals surface area contributed by atoms with Gasteiger partial charge in [0.15, 0.2) is 11.5 Å². The first-order valence-electron chi connectivity index (χ1n) is 11.2. The topological polar surface area (TPSA) is 71.1 Å². The molecule has 0 aromatic heterocycles. The monoisotopic (exact) mass is 420 g/mol. The zero-order chi connectivity index (χ0) is 21.8. The molecule has 30 heavy (non-hydrogen) atoms. The van der Waals surface area contributed by atoms with Gasteiger partial charge >= 0.3 is 11.9 Å². The average molecular weight is 421 g/mol. The van der Waals surface area contributed by atoms with Crippen molar-refractivity contribution < 1.29 is 28.5 Å². The number of hydrogen-bond acceptors (Lipinski definition) is 6. The van der Waals surface area contributed by atoms with Gasteiger partial charge < -0.3 is 18.9 Å². The fourth-order valence-electron chi connectivity index (χ4n) is 3.95. The second-order valence-corrected chi connectivity index (χ2v) is 7.85. The first kappa shape index (κ1) is 24.0. The highest BCUT2D eigenvalue weighted by Gasteiger charge is 2.38. The third-order valence-corrected chi connectivity index (χ3v) is 5.70. The van der Waals surface area contributed by atoms with Gasteiger partial charge in [0.05, 0.1) is 32.7 Å². The van der Waals surface area contributed by atoms with Crippen LogP contribution in [0.5, 0.6) is 17.2 Å². The molecular weight excluding hydrogens is 384 g/mol. The van der Waals surface area contributed by atoms with Crippen LogP contribution in [0.1, 0.15) is 71.1 Å². The van der Waals surface area contributed by atoms with Crippen LogP contribution in [0.25, 0.3) is 0 Å². The van der Waals surface area contributed by atoms with Crippen LogP contribution in [0.4, 0.5) is 0 Å². The molecule has 0 heterocycles. The Morgan fingerprint density at radius 1 is 0.867 bits per heavy atom. The van der Waals surface area contributed by atoms with Crippen molar-refractivity contribution in [2.45, 2.75) is 71.1 Å². The molecule has 1 aliphatic carbocycles. The molecule has 0 spiro atoms. The maximum atomic E-state index is 13.0. The summed E-state index contributed by atoms with van der Waals surface area (Å²) < 4.78 is 21.8. The molecule has 1 aliphatic rings. The van der Waals surface area contributed by atoms with Crippen molar-refractivity contribution in [3.8, 4) is 17.2 Å². The standard InChI is InChI=1S/C24H36O6/c1-4-5-6-7-8-11-17-29-23(25)18-13-9-10-14-19(18)24(26)30-22-20(27-2)15-12-16-21(22)28-3/h12,15-16,18-19H,4-11,13-14,17H2,1-3H3. The van der Waals surface area contributed by atoms with Crippen LogP contribution in [0.2, 0.25) is 0 Å². The summed E-state index contributed by atoms with van der Waals surface area (Å²) in [5.41, 5.74) is 0. The van der Waals surface area contributed by atoms with Crippen LogP contribution >= 0.6 is 0 Å². The highest BCUT2D eigenvalue weighted by Crippen LogP contribution is 2.39. The highest BCUT2D eigenvalue weighted by molar-refractivity contribution is 5.84. The molecular formula is C24H36O6. The van der Waals surface area contributed by atoms with Gasteiger partial charge in [0.25, 0.3) is 0 Å². The summed E-state index contributed by atoms with van der Waals surface area (Å²) in [6, 6.07) is 5.18. The lowest BCUT2D eigenvalue weighted by Crippen LogP contribution is -2.36. The molecule has 6 nitrogen and oxygen atoms in total. The Hall–Kier alpha value is -2.24. The smallest absolute Gasteiger partial charge is 0.315 e. The van der Waals surface area contributed by atoms with Gasteiger partial charge in [-0.25, -0.2) is 0 Å². The zero-order valence-electron chi connectivity index (χ0n) is 18.6. The lowest BCUT2D eigenvalue weighted by molar-refractivity contribution is -0.158. The summed E-state index contributed by atoms with van der Waals surface area (Å²) in [5.74, 6) is -0.590. The van der Waals surface area contributed by atoms with Gasteiger partial charge in [-0.2, -0.15) is 0 Å².